The normalized spacial score (nSPS) is 15.6. The minimum atomic E-state index is -1.96. The highest BCUT2D eigenvalue weighted by molar-refractivity contribution is 6.05. The number of para-hydroxylation sites is 1. The predicted molar refractivity (Wildman–Crippen MR) is 504 cm³/mol. The van der Waals surface area contributed by atoms with Crippen LogP contribution in [0.4, 0.5) is 0 Å². The predicted octanol–water partition coefficient (Wildman–Crippen LogP) is -4.70. The molecular weight excluding hydrogens is 1800 g/mol. The van der Waals surface area contributed by atoms with Crippen LogP contribution in [-0.4, -0.2) is 281 Å². The zero-order chi connectivity index (χ0) is 106. The molecule has 0 aliphatic carbocycles. The van der Waals surface area contributed by atoms with Crippen molar-refractivity contribution in [2.75, 3.05) is 19.8 Å². The summed E-state index contributed by atoms with van der Waals surface area (Å²) in [5.41, 5.74) is 3.35. The van der Waals surface area contributed by atoms with Gasteiger partial charge in [0, 0.05) is 49.8 Å². The number of hydrogen-bond acceptors (Lipinski definition) is 24. The molecule has 2 aromatic rings. The topological polar surface area (TPSA) is 730 Å². The monoisotopic (exact) mass is 1950 g/mol. The Morgan fingerprint density at radius 1 is 0.406 bits per heavy atom. The van der Waals surface area contributed by atoms with E-state index < -0.39 is 291 Å². The molecule has 1 fully saturated rings. The lowest BCUT2D eigenvalue weighted by Crippen LogP contribution is -2.68. The molecule has 47 heteroatoms. The van der Waals surface area contributed by atoms with E-state index in [1.165, 1.54) is 136 Å². The van der Waals surface area contributed by atoms with E-state index in [9.17, 15) is 116 Å². The molecule has 0 saturated carbocycles. The van der Waals surface area contributed by atoms with Crippen LogP contribution in [-0.2, 0) is 112 Å². The van der Waals surface area contributed by atoms with Crippen LogP contribution < -0.4 is 113 Å². The highest BCUT2D eigenvalue weighted by atomic mass is 16.3. The molecule has 22 amide bonds. The Hall–Kier alpha value is -13.0. The first kappa shape index (κ1) is 119. The first-order valence-electron chi connectivity index (χ1n) is 45.9. The fourth-order valence-corrected chi connectivity index (χ4v) is 14.2. The molecule has 2 heterocycles. The number of hydrogen-bond donors (Lipinski definition) is 24. The summed E-state index contributed by atoms with van der Waals surface area (Å²) in [6.07, 6.45) is -0.0236. The smallest absolute Gasteiger partial charge is 0.248 e. The first-order chi connectivity index (χ1) is 63.3. The number of benzene rings is 1. The summed E-state index contributed by atoms with van der Waals surface area (Å²) in [4.78, 5) is 304. The van der Waals surface area contributed by atoms with E-state index in [1.807, 2.05) is 24.3 Å². The van der Waals surface area contributed by atoms with Crippen LogP contribution in [0.5, 0.6) is 0 Å². The summed E-state index contributed by atoms with van der Waals surface area (Å²) in [7, 11) is 0. The summed E-state index contributed by atoms with van der Waals surface area (Å²) in [5, 5.41) is 67.3. The third kappa shape index (κ3) is 35.9. The first-order valence-corrected chi connectivity index (χ1v) is 45.9. The average Bonchev–Trinajstić information content (AvgIpc) is 1.09. The highest BCUT2D eigenvalue weighted by Crippen LogP contribution is 2.26. The van der Waals surface area contributed by atoms with E-state index in [0.29, 0.717) is 0 Å². The molecule has 0 bridgehead atoms. The molecule has 1 aliphatic rings. The molecule has 772 valence electrons. The van der Waals surface area contributed by atoms with E-state index in [4.69, 9.17) is 17.2 Å². The lowest BCUT2D eigenvalue weighted by atomic mass is 9.94. The Kier molecular flexibility index (Phi) is 43.5. The van der Waals surface area contributed by atoms with Gasteiger partial charge >= 0.3 is 0 Å². The van der Waals surface area contributed by atoms with Crippen molar-refractivity contribution in [1.82, 2.24) is 106 Å². The summed E-state index contributed by atoms with van der Waals surface area (Å²) in [6.45, 7) is 32.8. The standard InChI is InChI=1S/C91H149N23O24/c1-26-47(6)65(74(129)100-56(34-37-62(93)119)69(124)99-55(33-36-61(92)118)68(123)98-52(43-115)41-51-42-95-54-31-28-27-30-53(51)54)105-79(134)85(12,13)110-75(130)64(46(4)5)104-73(128)60-32-29-39-114(60)83(138)91(24,25)109-72(127)58(40-45(2)3)101-70(125)59(44-116)103-78(133)87(16,17)112-82(137)90(22,23)113-81(136)89(20,21)108-71(126)57(35-38-63(94)120)102-77(132)86(14,15)111-80(135)88(18,19)107-67(122)49(8)96-66(121)48(7)97-76(131)84(10,11)106-50(9)117/h27-28,30-31,42,45-49,52,55-60,64-65,95,115-116H,26,29,32-41,43-44H2,1-25H3,(H2,92,118)(H2,93,119)(H2,94,120)(H,96,121)(H,97,131)(H,98,123)(H,99,124)(H,100,129)(H,101,125)(H,102,132)(H,103,133)(H,104,128)(H,105,134)(H,106,117)(H,107,122)(H,108,126)(H,109,127)(H,110,130)(H,111,135)(H,112,137)(H,113,136). The molecule has 47 nitrogen and oxygen atoms in total. The van der Waals surface area contributed by atoms with Gasteiger partial charge in [-0.25, -0.2) is 0 Å². The van der Waals surface area contributed by atoms with Crippen molar-refractivity contribution < 1.29 is 116 Å². The van der Waals surface area contributed by atoms with Crippen LogP contribution in [0.15, 0.2) is 30.5 Å². The Morgan fingerprint density at radius 3 is 1.27 bits per heavy atom. The maximum Gasteiger partial charge on any atom is 0.248 e. The summed E-state index contributed by atoms with van der Waals surface area (Å²) >= 11 is 0. The molecule has 1 aromatic heterocycles. The lowest BCUT2D eigenvalue weighted by molar-refractivity contribution is -0.146. The average molecular weight is 1950 g/mol. The third-order valence-electron chi connectivity index (χ3n) is 23.1. The minimum absolute atomic E-state index is 0.000871. The molecule has 0 spiro atoms. The number of aliphatic hydroxyl groups is 2. The maximum atomic E-state index is 14.7. The third-order valence-corrected chi connectivity index (χ3v) is 23.1. The molecule has 3 rings (SSSR count). The Morgan fingerprint density at radius 2 is 0.797 bits per heavy atom. The second-order valence-corrected chi connectivity index (χ2v) is 40.2. The number of nitrogens with one attached hydrogen (secondary N) is 19. The van der Waals surface area contributed by atoms with Crippen molar-refractivity contribution >= 4 is 141 Å². The number of aromatic nitrogens is 1. The number of H-pyrrole nitrogens is 1. The number of nitrogens with two attached hydrogens (primary N) is 3. The number of carbonyl (C=O) groups excluding carboxylic acids is 22. The number of fused-ring (bicyclic) bond motifs is 1. The van der Waals surface area contributed by atoms with Crippen molar-refractivity contribution in [3.8, 4) is 0 Å². The van der Waals surface area contributed by atoms with Crippen molar-refractivity contribution in [3.05, 3.63) is 36.0 Å². The molecular formula is C91H149N23O24. The largest absolute Gasteiger partial charge is 0.394 e. The van der Waals surface area contributed by atoms with Crippen LogP contribution in [0, 0.1) is 17.8 Å². The van der Waals surface area contributed by atoms with Gasteiger partial charge in [-0.15, -0.1) is 0 Å². The van der Waals surface area contributed by atoms with E-state index in [0.717, 1.165) is 16.5 Å². The quantitative estimate of drug-likeness (QED) is 0.0296. The van der Waals surface area contributed by atoms with E-state index in [2.05, 4.69) is 101 Å². The van der Waals surface area contributed by atoms with Gasteiger partial charge in [-0.2, -0.15) is 0 Å². The second kappa shape index (κ2) is 50.4. The molecule has 0 radical (unpaired) electrons. The fraction of sp³-hybridized carbons (Fsp3) is 0.670. The van der Waals surface area contributed by atoms with Crippen LogP contribution in [0.3, 0.4) is 0 Å². The maximum absolute atomic E-state index is 14.7. The highest BCUT2D eigenvalue weighted by Gasteiger charge is 2.48. The number of aromatic amines is 1. The summed E-state index contributed by atoms with van der Waals surface area (Å²) in [5.74, 6) is -21.2. The second-order valence-electron chi connectivity index (χ2n) is 40.2. The lowest BCUT2D eigenvalue weighted by Gasteiger charge is -2.36. The van der Waals surface area contributed by atoms with Crippen molar-refractivity contribution in [1.29, 1.82) is 0 Å². The van der Waals surface area contributed by atoms with Gasteiger partial charge in [0.2, 0.25) is 130 Å². The number of nitrogens with zero attached hydrogens (tertiary/aromatic N) is 1. The summed E-state index contributed by atoms with van der Waals surface area (Å²) < 4.78 is 0. The van der Waals surface area contributed by atoms with Crippen LogP contribution in [0.25, 0.3) is 10.9 Å². The Balaban J connectivity index is 1.71. The van der Waals surface area contributed by atoms with Gasteiger partial charge in [0.1, 0.15) is 105 Å². The van der Waals surface area contributed by atoms with Crippen molar-refractivity contribution in [3.63, 3.8) is 0 Å². The van der Waals surface area contributed by atoms with Crippen molar-refractivity contribution in [2.45, 2.75) is 354 Å². The van der Waals surface area contributed by atoms with Crippen LogP contribution >= 0.6 is 0 Å². The van der Waals surface area contributed by atoms with Gasteiger partial charge in [-0.05, 0) is 199 Å². The molecule has 12 atom stereocenters. The number of primary amides is 3. The van der Waals surface area contributed by atoms with Gasteiger partial charge in [-0.1, -0.05) is 66.2 Å². The molecule has 1 aromatic carbocycles. The Labute approximate surface area is 803 Å². The zero-order valence-corrected chi connectivity index (χ0v) is 83.9. The zero-order valence-electron chi connectivity index (χ0n) is 83.9. The van der Waals surface area contributed by atoms with Gasteiger partial charge in [0.25, 0.3) is 0 Å². The SMILES string of the molecule is CCC(C)C(NC(=O)C(C)(C)NC(=O)C(NC(=O)C1CCCN1C(=O)C(C)(C)NC(=O)C(CC(C)C)NC(=O)C(CO)NC(=O)C(C)(C)NC(=O)C(C)(C)NC(=O)C(C)(C)NC(=O)C(CCC(N)=O)NC(=O)C(C)(C)NC(=O)C(C)(C)NC(=O)C(C)NC(=O)C(C)NC(=O)C(C)(C)NC(C)=O)C(C)C)C(=O)NC(CCC(N)=O)C(=O)NC(CCC(N)=O)C(=O)NC(CO)Cc1c[nH]c2ccccc12. The number of rotatable bonds is 54. The number of amides is 22. The van der Waals surface area contributed by atoms with Crippen LogP contribution in [0.2, 0.25) is 0 Å². The van der Waals surface area contributed by atoms with Gasteiger partial charge in [-0.3, -0.25) is 105 Å². The van der Waals surface area contributed by atoms with E-state index in [-0.39, 0.29) is 57.4 Å². The fourth-order valence-electron chi connectivity index (χ4n) is 14.2. The van der Waals surface area contributed by atoms with Gasteiger partial charge in [0.15, 0.2) is 0 Å². The Bertz CT molecular complexity index is 4820. The molecule has 1 aliphatic heterocycles. The van der Waals surface area contributed by atoms with E-state index >= 15 is 0 Å². The number of likely N-dealkylation sites (tertiary alicyclic amines) is 1. The minimum Gasteiger partial charge on any atom is -0.394 e. The van der Waals surface area contributed by atoms with Gasteiger partial charge < -0.3 is 133 Å². The molecule has 12 unspecified atom stereocenters. The van der Waals surface area contributed by atoms with Gasteiger partial charge in [0.05, 0.1) is 19.3 Å². The summed E-state index contributed by atoms with van der Waals surface area (Å²) in [6, 6.07) is -7.94. The molecule has 27 N–H and O–H groups in total. The van der Waals surface area contributed by atoms with E-state index in [1.54, 1.807) is 47.7 Å². The number of carbonyl (C=O) groups is 22. The number of aliphatic hydroxyl groups excluding tert-OH is 2. The van der Waals surface area contributed by atoms with Crippen molar-refractivity contribution in [2.24, 2.45) is 35.0 Å². The molecule has 1 saturated heterocycles. The molecule has 138 heavy (non-hydrogen) atoms. The van der Waals surface area contributed by atoms with Crippen LogP contribution in [0.1, 0.15) is 243 Å².